The molecule has 194 valence electrons. The Morgan fingerprint density at radius 1 is 0.895 bits per heavy atom. The summed E-state index contributed by atoms with van der Waals surface area (Å²) in [5, 5.41) is 15.4. The standard InChI is InChI=1S/C28H27N5O4S/c1-19-7-11-21(12-8-19)27(35)30-28-33-32-26(38-28)17-25(34)31-29-18-22-5-3-4-6-24(22)37-16-15-36-23-13-9-20(2)10-14-23/h3-14,18H,15-17H2,1-2H3,(H,31,34)(H,30,33,35)/b29-18-. The van der Waals surface area contributed by atoms with Crippen LogP contribution in [0, 0.1) is 13.8 Å². The minimum absolute atomic E-state index is 0.0239. The zero-order valence-electron chi connectivity index (χ0n) is 21.0. The molecule has 38 heavy (non-hydrogen) atoms. The van der Waals surface area contributed by atoms with Crippen molar-refractivity contribution in [2.24, 2.45) is 5.10 Å². The molecule has 0 fully saturated rings. The predicted octanol–water partition coefficient (Wildman–Crippen LogP) is 4.56. The molecule has 0 spiro atoms. The number of carbonyl (C=O) groups is 2. The first-order chi connectivity index (χ1) is 18.5. The maximum atomic E-state index is 12.3. The van der Waals surface area contributed by atoms with E-state index < -0.39 is 0 Å². The lowest BCUT2D eigenvalue weighted by molar-refractivity contribution is -0.120. The quantitative estimate of drug-likeness (QED) is 0.167. The maximum Gasteiger partial charge on any atom is 0.257 e. The Kier molecular flexibility index (Phi) is 9.14. The Balaban J connectivity index is 1.23. The fourth-order valence-corrected chi connectivity index (χ4v) is 4.00. The minimum atomic E-state index is -0.362. The number of benzene rings is 3. The zero-order valence-corrected chi connectivity index (χ0v) is 21.8. The number of hydrazone groups is 1. The van der Waals surface area contributed by atoms with Crippen LogP contribution in [0.2, 0.25) is 0 Å². The number of aryl methyl sites for hydroxylation is 2. The van der Waals surface area contributed by atoms with Crippen molar-refractivity contribution in [2.45, 2.75) is 20.3 Å². The number of ether oxygens (including phenoxy) is 2. The highest BCUT2D eigenvalue weighted by molar-refractivity contribution is 7.15. The van der Waals surface area contributed by atoms with E-state index >= 15 is 0 Å². The summed E-state index contributed by atoms with van der Waals surface area (Å²) in [6.07, 6.45) is 1.49. The average molecular weight is 530 g/mol. The Bertz CT molecular complexity index is 1400. The second-order valence-electron chi connectivity index (χ2n) is 8.34. The summed E-state index contributed by atoms with van der Waals surface area (Å²) >= 11 is 1.13. The number of amides is 2. The summed E-state index contributed by atoms with van der Waals surface area (Å²) in [4.78, 5) is 24.6. The highest BCUT2D eigenvalue weighted by Gasteiger charge is 2.12. The van der Waals surface area contributed by atoms with Crippen molar-refractivity contribution in [3.05, 3.63) is 100 Å². The first-order valence-electron chi connectivity index (χ1n) is 11.9. The van der Waals surface area contributed by atoms with Gasteiger partial charge in [0.25, 0.3) is 5.91 Å². The van der Waals surface area contributed by atoms with Gasteiger partial charge in [0.15, 0.2) is 0 Å². The lowest BCUT2D eigenvalue weighted by Gasteiger charge is -2.10. The predicted molar refractivity (Wildman–Crippen MR) is 147 cm³/mol. The van der Waals surface area contributed by atoms with Crippen molar-refractivity contribution in [2.75, 3.05) is 18.5 Å². The van der Waals surface area contributed by atoms with E-state index in [1.807, 2.05) is 74.5 Å². The molecule has 0 radical (unpaired) electrons. The molecular formula is C28H27N5O4S. The van der Waals surface area contributed by atoms with E-state index in [4.69, 9.17) is 9.47 Å². The molecule has 0 aliphatic heterocycles. The van der Waals surface area contributed by atoms with Crippen LogP contribution in [0.4, 0.5) is 5.13 Å². The zero-order chi connectivity index (χ0) is 26.7. The van der Waals surface area contributed by atoms with Crippen molar-refractivity contribution < 1.29 is 19.1 Å². The fourth-order valence-electron chi connectivity index (χ4n) is 3.26. The number of carbonyl (C=O) groups excluding carboxylic acids is 2. The van der Waals surface area contributed by atoms with Gasteiger partial charge >= 0.3 is 0 Å². The lowest BCUT2D eigenvalue weighted by atomic mass is 10.1. The van der Waals surface area contributed by atoms with E-state index in [0.29, 0.717) is 40.2 Å². The first kappa shape index (κ1) is 26.5. The molecule has 0 unspecified atom stereocenters. The van der Waals surface area contributed by atoms with Crippen LogP contribution in [-0.2, 0) is 11.2 Å². The van der Waals surface area contributed by atoms with Crippen molar-refractivity contribution in [3.8, 4) is 11.5 Å². The molecule has 0 saturated carbocycles. The van der Waals surface area contributed by atoms with Crippen molar-refractivity contribution in [1.29, 1.82) is 0 Å². The van der Waals surface area contributed by atoms with Gasteiger partial charge in [-0.25, -0.2) is 5.43 Å². The summed E-state index contributed by atoms with van der Waals surface area (Å²) in [7, 11) is 0. The van der Waals surface area contributed by atoms with Gasteiger partial charge in [-0.1, -0.05) is 58.9 Å². The molecule has 1 aromatic heterocycles. The van der Waals surface area contributed by atoms with Gasteiger partial charge in [0, 0.05) is 11.1 Å². The van der Waals surface area contributed by atoms with E-state index in [1.165, 1.54) is 11.8 Å². The summed E-state index contributed by atoms with van der Waals surface area (Å²) in [6.45, 7) is 4.71. The van der Waals surface area contributed by atoms with Crippen LogP contribution in [0.3, 0.4) is 0 Å². The molecular weight excluding hydrogens is 502 g/mol. The van der Waals surface area contributed by atoms with Gasteiger partial charge in [0.1, 0.15) is 29.7 Å². The van der Waals surface area contributed by atoms with Gasteiger partial charge in [-0.05, 0) is 50.2 Å². The molecule has 0 aliphatic rings. The summed E-state index contributed by atoms with van der Waals surface area (Å²) in [5.41, 5.74) is 5.94. The Hall–Kier alpha value is -4.57. The van der Waals surface area contributed by atoms with E-state index in [9.17, 15) is 9.59 Å². The van der Waals surface area contributed by atoms with Crippen LogP contribution in [-0.4, -0.2) is 41.4 Å². The van der Waals surface area contributed by atoms with Crippen molar-refractivity contribution in [3.63, 3.8) is 0 Å². The summed E-state index contributed by atoms with van der Waals surface area (Å²) in [5.74, 6) is 0.757. The Labute approximate surface area is 224 Å². The fraction of sp³-hybridized carbons (Fsp3) is 0.179. The van der Waals surface area contributed by atoms with E-state index in [1.54, 1.807) is 12.1 Å². The molecule has 2 N–H and O–H groups in total. The van der Waals surface area contributed by atoms with Crippen LogP contribution in [0.15, 0.2) is 77.9 Å². The number of hydrogen-bond donors (Lipinski definition) is 2. The molecule has 2 amide bonds. The second kappa shape index (κ2) is 13.1. The molecule has 1 heterocycles. The van der Waals surface area contributed by atoms with Crippen LogP contribution in [0.1, 0.15) is 32.1 Å². The Morgan fingerprint density at radius 2 is 1.58 bits per heavy atom. The third-order valence-corrected chi connectivity index (χ3v) is 6.09. The van der Waals surface area contributed by atoms with Gasteiger partial charge in [-0.3, -0.25) is 14.9 Å². The molecule has 9 nitrogen and oxygen atoms in total. The third-order valence-electron chi connectivity index (χ3n) is 5.26. The smallest absolute Gasteiger partial charge is 0.257 e. The number of hydrogen-bond acceptors (Lipinski definition) is 8. The van der Waals surface area contributed by atoms with Crippen LogP contribution < -0.4 is 20.2 Å². The lowest BCUT2D eigenvalue weighted by Crippen LogP contribution is -2.19. The SMILES string of the molecule is Cc1ccc(OCCOc2ccccc2/C=N\NC(=O)Cc2nnc(NC(=O)c3ccc(C)cc3)s2)cc1. The monoisotopic (exact) mass is 529 g/mol. The second-order valence-corrected chi connectivity index (χ2v) is 9.40. The molecule has 0 atom stereocenters. The minimum Gasteiger partial charge on any atom is -0.490 e. The van der Waals surface area contributed by atoms with Crippen LogP contribution >= 0.6 is 11.3 Å². The topological polar surface area (TPSA) is 115 Å². The maximum absolute atomic E-state index is 12.3. The molecule has 0 bridgehead atoms. The van der Waals surface area contributed by atoms with Crippen LogP contribution in [0.5, 0.6) is 11.5 Å². The van der Waals surface area contributed by atoms with Gasteiger partial charge in [0.05, 0.1) is 12.6 Å². The van der Waals surface area contributed by atoms with Gasteiger partial charge in [0.2, 0.25) is 11.0 Å². The highest BCUT2D eigenvalue weighted by atomic mass is 32.1. The van der Waals surface area contributed by atoms with E-state index in [-0.39, 0.29) is 18.2 Å². The average Bonchev–Trinajstić information content (AvgIpc) is 3.35. The molecule has 4 rings (SSSR count). The number of nitrogens with zero attached hydrogens (tertiary/aromatic N) is 3. The molecule has 4 aromatic rings. The first-order valence-corrected chi connectivity index (χ1v) is 12.7. The Morgan fingerprint density at radius 3 is 2.34 bits per heavy atom. The summed E-state index contributed by atoms with van der Waals surface area (Å²) in [6, 6.07) is 22.4. The number of anilines is 1. The normalized spacial score (nSPS) is 10.8. The van der Waals surface area contributed by atoms with Gasteiger partial charge in [-0.2, -0.15) is 5.10 Å². The largest absolute Gasteiger partial charge is 0.490 e. The summed E-state index contributed by atoms with van der Waals surface area (Å²) < 4.78 is 11.5. The van der Waals surface area contributed by atoms with Crippen molar-refractivity contribution >= 4 is 34.5 Å². The number of rotatable bonds is 11. The molecule has 0 aliphatic carbocycles. The van der Waals surface area contributed by atoms with E-state index in [0.717, 1.165) is 22.6 Å². The van der Waals surface area contributed by atoms with Crippen molar-refractivity contribution in [1.82, 2.24) is 15.6 Å². The molecule has 3 aromatic carbocycles. The van der Waals surface area contributed by atoms with Gasteiger partial charge in [-0.15, -0.1) is 10.2 Å². The number of aromatic nitrogens is 2. The number of nitrogens with one attached hydrogen (secondary N) is 2. The third kappa shape index (κ3) is 7.97. The number of para-hydroxylation sites is 1. The molecule has 10 heteroatoms. The van der Waals surface area contributed by atoms with Crippen LogP contribution in [0.25, 0.3) is 0 Å². The molecule has 0 saturated heterocycles. The van der Waals surface area contributed by atoms with Gasteiger partial charge < -0.3 is 9.47 Å². The highest BCUT2D eigenvalue weighted by Crippen LogP contribution is 2.18. The van der Waals surface area contributed by atoms with E-state index in [2.05, 4.69) is 26.0 Å².